The van der Waals surface area contributed by atoms with Crippen molar-refractivity contribution in [2.24, 2.45) is 5.73 Å². The van der Waals surface area contributed by atoms with Crippen molar-refractivity contribution in [3.05, 3.63) is 63.6 Å². The summed E-state index contributed by atoms with van der Waals surface area (Å²) in [4.78, 5) is 0. The number of nitrogens with two attached hydrogens (primary N) is 1. The normalized spacial score (nSPS) is 12.2. The van der Waals surface area contributed by atoms with Crippen LogP contribution in [0.4, 0.5) is 8.78 Å². The SMILES string of the molecule is C[C@@H](N)c1ccc(OCc2ccc(F)cc2Br)c(F)c1. The molecular weight excluding hydrogens is 328 g/mol. The molecule has 0 aliphatic carbocycles. The van der Waals surface area contributed by atoms with Gasteiger partial charge in [0, 0.05) is 16.1 Å². The van der Waals surface area contributed by atoms with E-state index < -0.39 is 5.82 Å². The van der Waals surface area contributed by atoms with Gasteiger partial charge < -0.3 is 10.5 Å². The molecule has 0 saturated heterocycles. The molecule has 0 aliphatic rings. The molecule has 5 heteroatoms. The van der Waals surface area contributed by atoms with Crippen LogP contribution in [0.1, 0.15) is 24.1 Å². The third-order valence-corrected chi connectivity index (χ3v) is 3.62. The average Bonchev–Trinajstić information content (AvgIpc) is 2.38. The maximum absolute atomic E-state index is 13.8. The Kier molecular flexibility index (Phi) is 4.73. The monoisotopic (exact) mass is 341 g/mol. The summed E-state index contributed by atoms with van der Waals surface area (Å²) >= 11 is 3.24. The molecule has 0 aliphatic heterocycles. The number of benzene rings is 2. The van der Waals surface area contributed by atoms with Crippen LogP contribution in [0, 0.1) is 11.6 Å². The summed E-state index contributed by atoms with van der Waals surface area (Å²) in [6.07, 6.45) is 0. The first-order valence-corrected chi connectivity index (χ1v) is 6.88. The van der Waals surface area contributed by atoms with E-state index in [1.807, 2.05) is 0 Å². The van der Waals surface area contributed by atoms with Crippen LogP contribution in [0.25, 0.3) is 0 Å². The van der Waals surface area contributed by atoms with Gasteiger partial charge in [-0.25, -0.2) is 8.78 Å². The fourth-order valence-corrected chi connectivity index (χ4v) is 2.18. The van der Waals surface area contributed by atoms with Gasteiger partial charge in [-0.1, -0.05) is 28.1 Å². The minimum absolute atomic E-state index is 0.144. The molecule has 0 heterocycles. The van der Waals surface area contributed by atoms with Crippen LogP contribution in [0.5, 0.6) is 5.75 Å². The van der Waals surface area contributed by atoms with Gasteiger partial charge in [0.15, 0.2) is 11.6 Å². The molecule has 106 valence electrons. The zero-order chi connectivity index (χ0) is 14.7. The quantitative estimate of drug-likeness (QED) is 0.898. The summed E-state index contributed by atoms with van der Waals surface area (Å²) in [6, 6.07) is 8.67. The van der Waals surface area contributed by atoms with Crippen molar-refractivity contribution in [2.45, 2.75) is 19.6 Å². The number of rotatable bonds is 4. The first-order valence-electron chi connectivity index (χ1n) is 6.09. The second-order valence-corrected chi connectivity index (χ2v) is 5.36. The van der Waals surface area contributed by atoms with Gasteiger partial charge in [-0.05, 0) is 36.8 Å². The van der Waals surface area contributed by atoms with Gasteiger partial charge in [0.1, 0.15) is 12.4 Å². The Balaban J connectivity index is 2.11. The van der Waals surface area contributed by atoms with Gasteiger partial charge in [0.05, 0.1) is 0 Å². The molecule has 0 radical (unpaired) electrons. The highest BCUT2D eigenvalue weighted by Crippen LogP contribution is 2.24. The van der Waals surface area contributed by atoms with Gasteiger partial charge in [-0.2, -0.15) is 0 Å². The van der Waals surface area contributed by atoms with Gasteiger partial charge in [-0.3, -0.25) is 0 Å². The van der Waals surface area contributed by atoms with Gasteiger partial charge in [0.25, 0.3) is 0 Å². The van der Waals surface area contributed by atoms with Crippen molar-refractivity contribution in [3.8, 4) is 5.75 Å². The van der Waals surface area contributed by atoms with Gasteiger partial charge >= 0.3 is 0 Å². The zero-order valence-electron chi connectivity index (χ0n) is 10.9. The molecule has 2 aromatic carbocycles. The van der Waals surface area contributed by atoms with Gasteiger partial charge in [0.2, 0.25) is 0 Å². The maximum Gasteiger partial charge on any atom is 0.165 e. The van der Waals surface area contributed by atoms with Crippen molar-refractivity contribution >= 4 is 15.9 Å². The molecule has 0 spiro atoms. The lowest BCUT2D eigenvalue weighted by Gasteiger charge is -2.11. The van der Waals surface area contributed by atoms with Crippen LogP contribution in [0.3, 0.4) is 0 Å². The molecule has 2 aromatic rings. The lowest BCUT2D eigenvalue weighted by atomic mass is 10.1. The van der Waals surface area contributed by atoms with Crippen molar-refractivity contribution in [1.29, 1.82) is 0 Å². The first kappa shape index (κ1) is 14.9. The molecule has 2 nitrogen and oxygen atoms in total. The Labute approximate surface area is 124 Å². The molecule has 0 amide bonds. The van der Waals surface area contributed by atoms with Gasteiger partial charge in [-0.15, -0.1) is 0 Å². The highest BCUT2D eigenvalue weighted by atomic mass is 79.9. The Morgan fingerprint density at radius 2 is 1.95 bits per heavy atom. The highest BCUT2D eigenvalue weighted by Gasteiger charge is 2.09. The van der Waals surface area contributed by atoms with E-state index in [9.17, 15) is 8.78 Å². The number of hydrogen-bond donors (Lipinski definition) is 1. The lowest BCUT2D eigenvalue weighted by Crippen LogP contribution is -2.06. The second kappa shape index (κ2) is 6.33. The average molecular weight is 342 g/mol. The molecule has 2 rings (SSSR count). The molecule has 0 unspecified atom stereocenters. The van der Waals surface area contributed by atoms with E-state index in [1.54, 1.807) is 25.1 Å². The maximum atomic E-state index is 13.8. The molecule has 0 aromatic heterocycles. The molecule has 0 bridgehead atoms. The van der Waals surface area contributed by atoms with E-state index in [2.05, 4.69) is 15.9 Å². The van der Waals surface area contributed by atoms with E-state index >= 15 is 0 Å². The second-order valence-electron chi connectivity index (χ2n) is 4.50. The van der Waals surface area contributed by atoms with E-state index in [1.165, 1.54) is 18.2 Å². The van der Waals surface area contributed by atoms with Crippen molar-refractivity contribution in [1.82, 2.24) is 0 Å². The summed E-state index contributed by atoms with van der Waals surface area (Å²) in [6.45, 7) is 1.93. The highest BCUT2D eigenvalue weighted by molar-refractivity contribution is 9.10. The van der Waals surface area contributed by atoms with Crippen molar-refractivity contribution in [3.63, 3.8) is 0 Å². The summed E-state index contributed by atoms with van der Waals surface area (Å²) in [7, 11) is 0. The minimum atomic E-state index is -0.460. The largest absolute Gasteiger partial charge is 0.486 e. The molecular formula is C15H14BrF2NO. The number of hydrogen-bond acceptors (Lipinski definition) is 2. The van der Waals surface area contributed by atoms with E-state index in [4.69, 9.17) is 10.5 Å². The van der Waals surface area contributed by atoms with E-state index in [0.29, 0.717) is 10.0 Å². The van der Waals surface area contributed by atoms with Crippen molar-refractivity contribution < 1.29 is 13.5 Å². The van der Waals surface area contributed by atoms with Crippen LogP contribution in [-0.2, 0) is 6.61 Å². The van der Waals surface area contributed by atoms with Crippen LogP contribution >= 0.6 is 15.9 Å². The summed E-state index contributed by atoms with van der Waals surface area (Å²) in [5, 5.41) is 0. The topological polar surface area (TPSA) is 35.2 Å². The molecule has 0 fully saturated rings. The standard InChI is InChI=1S/C15H14BrF2NO/c1-9(19)10-3-5-15(14(18)6-10)20-8-11-2-4-12(17)7-13(11)16/h2-7,9H,8,19H2,1H3/t9-/m1/s1. The van der Waals surface area contributed by atoms with Crippen LogP contribution < -0.4 is 10.5 Å². The Morgan fingerprint density at radius 3 is 2.55 bits per heavy atom. The fourth-order valence-electron chi connectivity index (χ4n) is 1.71. The number of ether oxygens (including phenoxy) is 1. The fraction of sp³-hybridized carbons (Fsp3) is 0.200. The molecule has 20 heavy (non-hydrogen) atoms. The first-order chi connectivity index (χ1) is 9.47. The predicted molar refractivity (Wildman–Crippen MR) is 77.4 cm³/mol. The van der Waals surface area contributed by atoms with E-state index in [-0.39, 0.29) is 24.2 Å². The minimum Gasteiger partial charge on any atom is -0.486 e. The summed E-state index contributed by atoms with van der Waals surface area (Å²) in [5.41, 5.74) is 7.13. The Bertz CT molecular complexity index is 617. The van der Waals surface area contributed by atoms with Crippen molar-refractivity contribution in [2.75, 3.05) is 0 Å². The lowest BCUT2D eigenvalue weighted by molar-refractivity contribution is 0.289. The Hall–Kier alpha value is -1.46. The zero-order valence-corrected chi connectivity index (χ0v) is 12.5. The third kappa shape index (κ3) is 3.55. The molecule has 2 N–H and O–H groups in total. The summed E-state index contributed by atoms with van der Waals surface area (Å²) in [5.74, 6) is -0.656. The number of halogens is 3. The van der Waals surface area contributed by atoms with Crippen LogP contribution in [-0.4, -0.2) is 0 Å². The summed E-state index contributed by atoms with van der Waals surface area (Å²) < 4.78 is 32.8. The smallest absolute Gasteiger partial charge is 0.165 e. The van der Waals surface area contributed by atoms with Crippen LogP contribution in [0.15, 0.2) is 40.9 Å². The van der Waals surface area contributed by atoms with E-state index in [0.717, 1.165) is 5.56 Å². The Morgan fingerprint density at radius 1 is 1.20 bits per heavy atom. The molecule has 0 saturated carbocycles. The third-order valence-electron chi connectivity index (χ3n) is 2.88. The molecule has 1 atom stereocenters. The van der Waals surface area contributed by atoms with Crippen LogP contribution in [0.2, 0.25) is 0 Å². The predicted octanol–water partition coefficient (Wildman–Crippen LogP) is 4.33.